The van der Waals surface area contributed by atoms with Gasteiger partial charge in [0.15, 0.2) is 0 Å². The summed E-state index contributed by atoms with van der Waals surface area (Å²) in [7, 11) is 0. The molecular formula is C11H19NO3. The van der Waals surface area contributed by atoms with Crippen LogP contribution in [0.4, 0.5) is 4.79 Å². The molecular weight excluding hydrogens is 194 g/mol. The molecule has 1 atom stereocenters. The second-order valence-electron chi connectivity index (χ2n) is 5.04. The van der Waals surface area contributed by atoms with Crippen molar-refractivity contribution in [2.45, 2.75) is 58.1 Å². The Hall–Kier alpha value is -1.06. The summed E-state index contributed by atoms with van der Waals surface area (Å²) in [6.45, 7) is 5.67. The van der Waals surface area contributed by atoms with Crippen LogP contribution in [0.15, 0.2) is 0 Å². The van der Waals surface area contributed by atoms with E-state index in [1.54, 1.807) is 0 Å². The maximum Gasteiger partial charge on any atom is 0.407 e. The van der Waals surface area contributed by atoms with E-state index in [1.807, 2.05) is 20.8 Å². The van der Waals surface area contributed by atoms with Gasteiger partial charge in [0.25, 0.3) is 0 Å². The Bertz CT molecular complexity index is 255. The second kappa shape index (κ2) is 4.64. The van der Waals surface area contributed by atoms with Crippen LogP contribution in [0.1, 0.15) is 46.5 Å². The summed E-state index contributed by atoms with van der Waals surface area (Å²) in [6, 6.07) is 0. The first kappa shape index (κ1) is 12.0. The van der Waals surface area contributed by atoms with Crippen LogP contribution in [0.2, 0.25) is 0 Å². The highest BCUT2D eigenvalue weighted by atomic mass is 16.6. The number of hydrogen-bond acceptors (Lipinski definition) is 3. The number of hydrogen-bond donors (Lipinski definition) is 1. The quantitative estimate of drug-likeness (QED) is 0.725. The molecule has 0 bridgehead atoms. The van der Waals surface area contributed by atoms with Gasteiger partial charge in [-0.15, -0.1) is 0 Å². The number of carbonyl (C=O) groups excluding carboxylic acids is 2. The number of alkyl carbamates (subject to hydrolysis) is 1. The molecule has 1 amide bonds. The molecule has 1 saturated carbocycles. The SMILES string of the molecule is CC(C)(C)NC(=O)O[C@@H]1CCCC(=O)C1. The van der Waals surface area contributed by atoms with Gasteiger partial charge in [-0.3, -0.25) is 4.79 Å². The molecule has 1 aliphatic rings. The molecule has 4 nitrogen and oxygen atoms in total. The minimum atomic E-state index is -0.429. The fourth-order valence-corrected chi connectivity index (χ4v) is 1.57. The van der Waals surface area contributed by atoms with Crippen molar-refractivity contribution >= 4 is 11.9 Å². The highest BCUT2D eigenvalue weighted by Crippen LogP contribution is 2.18. The Labute approximate surface area is 90.4 Å². The first-order chi connectivity index (χ1) is 6.87. The Kier molecular flexibility index (Phi) is 3.72. The average Bonchev–Trinajstić information content (AvgIpc) is 1.99. The summed E-state index contributed by atoms with van der Waals surface area (Å²) in [5, 5.41) is 2.71. The number of nitrogens with one attached hydrogen (secondary N) is 1. The third-order valence-electron chi connectivity index (χ3n) is 2.19. The highest BCUT2D eigenvalue weighted by molar-refractivity contribution is 5.80. The van der Waals surface area contributed by atoms with Gasteiger partial charge in [-0.25, -0.2) is 4.79 Å². The Balaban J connectivity index is 2.34. The lowest BCUT2D eigenvalue weighted by Gasteiger charge is -2.25. The monoisotopic (exact) mass is 213 g/mol. The molecule has 0 aromatic carbocycles. The zero-order valence-corrected chi connectivity index (χ0v) is 9.63. The van der Waals surface area contributed by atoms with E-state index in [0.29, 0.717) is 12.8 Å². The summed E-state index contributed by atoms with van der Waals surface area (Å²) in [4.78, 5) is 22.5. The smallest absolute Gasteiger partial charge is 0.407 e. The summed E-state index contributed by atoms with van der Waals surface area (Å²) in [5.41, 5.74) is -0.296. The van der Waals surface area contributed by atoms with Crippen molar-refractivity contribution in [1.29, 1.82) is 0 Å². The summed E-state index contributed by atoms with van der Waals surface area (Å²) in [6.07, 6.45) is 1.96. The molecule has 0 aliphatic heterocycles. The minimum absolute atomic E-state index is 0.190. The van der Waals surface area contributed by atoms with Gasteiger partial charge in [0, 0.05) is 18.4 Å². The summed E-state index contributed by atoms with van der Waals surface area (Å²) in [5.74, 6) is 0.190. The van der Waals surface area contributed by atoms with E-state index in [0.717, 1.165) is 12.8 Å². The normalized spacial score (nSPS) is 22.3. The molecule has 0 spiro atoms. The van der Waals surface area contributed by atoms with Crippen molar-refractivity contribution in [3.63, 3.8) is 0 Å². The van der Waals surface area contributed by atoms with Crippen LogP contribution < -0.4 is 5.32 Å². The van der Waals surface area contributed by atoms with E-state index in [4.69, 9.17) is 4.74 Å². The lowest BCUT2D eigenvalue weighted by molar-refractivity contribution is -0.123. The minimum Gasteiger partial charge on any atom is -0.446 e. The zero-order chi connectivity index (χ0) is 11.5. The van der Waals surface area contributed by atoms with E-state index in [1.165, 1.54) is 0 Å². The number of rotatable bonds is 1. The van der Waals surface area contributed by atoms with Crippen molar-refractivity contribution in [1.82, 2.24) is 5.32 Å². The number of Topliss-reactive ketones (excluding diaryl/α,β-unsaturated/α-hetero) is 1. The van der Waals surface area contributed by atoms with Gasteiger partial charge in [-0.2, -0.15) is 0 Å². The Morgan fingerprint density at radius 1 is 1.47 bits per heavy atom. The number of ether oxygens (including phenoxy) is 1. The molecule has 0 radical (unpaired) electrons. The summed E-state index contributed by atoms with van der Waals surface area (Å²) >= 11 is 0. The van der Waals surface area contributed by atoms with Gasteiger partial charge in [0.05, 0.1) is 0 Å². The predicted molar refractivity (Wildman–Crippen MR) is 56.6 cm³/mol. The average molecular weight is 213 g/mol. The predicted octanol–water partition coefficient (Wildman–Crippen LogP) is 2.02. The van der Waals surface area contributed by atoms with Crippen LogP contribution in [-0.2, 0) is 9.53 Å². The number of carbonyl (C=O) groups is 2. The second-order valence-corrected chi connectivity index (χ2v) is 5.04. The molecule has 0 aromatic heterocycles. The molecule has 1 aliphatic carbocycles. The van der Waals surface area contributed by atoms with Crippen LogP contribution in [0.25, 0.3) is 0 Å². The molecule has 1 fully saturated rings. The van der Waals surface area contributed by atoms with E-state index in [9.17, 15) is 9.59 Å². The van der Waals surface area contributed by atoms with Crippen LogP contribution in [0, 0.1) is 0 Å². The molecule has 0 heterocycles. The van der Waals surface area contributed by atoms with Crippen molar-refractivity contribution in [3.05, 3.63) is 0 Å². The number of amides is 1. The van der Waals surface area contributed by atoms with Crippen molar-refractivity contribution in [3.8, 4) is 0 Å². The summed E-state index contributed by atoms with van der Waals surface area (Å²) < 4.78 is 5.17. The molecule has 15 heavy (non-hydrogen) atoms. The zero-order valence-electron chi connectivity index (χ0n) is 9.63. The fraction of sp³-hybridized carbons (Fsp3) is 0.818. The third kappa shape index (κ3) is 4.81. The third-order valence-corrected chi connectivity index (χ3v) is 2.19. The van der Waals surface area contributed by atoms with Crippen molar-refractivity contribution in [2.75, 3.05) is 0 Å². The van der Waals surface area contributed by atoms with Gasteiger partial charge in [0.1, 0.15) is 11.9 Å². The topological polar surface area (TPSA) is 55.4 Å². The maximum absolute atomic E-state index is 11.4. The largest absolute Gasteiger partial charge is 0.446 e. The van der Waals surface area contributed by atoms with E-state index in [2.05, 4.69) is 5.32 Å². The van der Waals surface area contributed by atoms with Gasteiger partial charge in [-0.1, -0.05) is 0 Å². The van der Waals surface area contributed by atoms with Gasteiger partial charge in [-0.05, 0) is 33.6 Å². The van der Waals surface area contributed by atoms with Gasteiger partial charge >= 0.3 is 6.09 Å². The molecule has 0 saturated heterocycles. The molecule has 1 N–H and O–H groups in total. The highest BCUT2D eigenvalue weighted by Gasteiger charge is 2.24. The maximum atomic E-state index is 11.4. The Morgan fingerprint density at radius 3 is 2.67 bits per heavy atom. The van der Waals surface area contributed by atoms with E-state index in [-0.39, 0.29) is 17.4 Å². The van der Waals surface area contributed by atoms with Gasteiger partial charge < -0.3 is 10.1 Å². The van der Waals surface area contributed by atoms with E-state index < -0.39 is 6.09 Å². The molecule has 0 aromatic rings. The van der Waals surface area contributed by atoms with Gasteiger partial charge in [0.2, 0.25) is 0 Å². The Morgan fingerprint density at radius 2 is 2.13 bits per heavy atom. The van der Waals surface area contributed by atoms with Crippen LogP contribution >= 0.6 is 0 Å². The molecule has 86 valence electrons. The number of ketones is 1. The lowest BCUT2D eigenvalue weighted by Crippen LogP contribution is -2.42. The standard InChI is InChI=1S/C11H19NO3/c1-11(2,3)12-10(14)15-9-6-4-5-8(13)7-9/h9H,4-7H2,1-3H3,(H,12,14)/t9-/m1/s1. The fourth-order valence-electron chi connectivity index (χ4n) is 1.57. The van der Waals surface area contributed by atoms with E-state index >= 15 is 0 Å². The first-order valence-electron chi connectivity index (χ1n) is 5.37. The lowest BCUT2D eigenvalue weighted by atomic mass is 9.96. The molecule has 0 unspecified atom stereocenters. The molecule has 1 rings (SSSR count). The van der Waals surface area contributed by atoms with Crippen molar-refractivity contribution < 1.29 is 14.3 Å². The first-order valence-corrected chi connectivity index (χ1v) is 5.37. The van der Waals surface area contributed by atoms with Crippen LogP contribution in [0.3, 0.4) is 0 Å². The van der Waals surface area contributed by atoms with Crippen LogP contribution in [0.5, 0.6) is 0 Å². The van der Waals surface area contributed by atoms with Crippen molar-refractivity contribution in [2.24, 2.45) is 0 Å². The van der Waals surface area contributed by atoms with Crippen LogP contribution in [-0.4, -0.2) is 23.5 Å². The molecule has 4 heteroatoms.